The molecule has 0 fully saturated rings. The van der Waals surface area contributed by atoms with E-state index in [2.05, 4.69) is 13.8 Å². The van der Waals surface area contributed by atoms with Gasteiger partial charge in [-0.05, 0) is 24.7 Å². The van der Waals surface area contributed by atoms with E-state index in [4.69, 9.17) is 9.47 Å². The average molecular weight is 485 g/mol. The summed E-state index contributed by atoms with van der Waals surface area (Å²) < 4.78 is 44.6. The maximum Gasteiger partial charge on any atom is 1.00 e. The molecule has 0 bridgehead atoms. The van der Waals surface area contributed by atoms with Crippen LogP contribution in [0.4, 0.5) is 0 Å². The van der Waals surface area contributed by atoms with Gasteiger partial charge in [0.15, 0.2) is 5.25 Å². The molecule has 0 aromatic rings. The van der Waals surface area contributed by atoms with Crippen LogP contribution >= 0.6 is 0 Å². The molecule has 0 radical (unpaired) electrons. The summed E-state index contributed by atoms with van der Waals surface area (Å²) in [6.07, 6.45) is 6.58. The van der Waals surface area contributed by atoms with Crippen molar-refractivity contribution in [3.8, 4) is 0 Å². The summed E-state index contributed by atoms with van der Waals surface area (Å²) in [6.45, 7) is 8.26. The first kappa shape index (κ1) is 36.1. The molecule has 0 aliphatic carbocycles. The van der Waals surface area contributed by atoms with Crippen LogP contribution in [0.1, 0.15) is 86.9 Å². The third-order valence-electron chi connectivity index (χ3n) is 4.99. The zero-order chi connectivity index (χ0) is 21.6. The topological polar surface area (TPSA) is 110 Å². The molecule has 0 N–H and O–H groups in total. The number of ether oxygens (including phenoxy) is 2. The average Bonchev–Trinajstić information content (AvgIpc) is 2.65. The predicted octanol–water partition coefficient (Wildman–Crippen LogP) is -2.07. The molecule has 0 aromatic carbocycles. The fraction of sp³-hybridized carbons (Fsp3) is 0.900. The third kappa shape index (κ3) is 17.0. The number of esters is 2. The molecule has 0 rings (SSSR count). The molecule has 7 nitrogen and oxygen atoms in total. The number of hydrogen-bond acceptors (Lipinski definition) is 7. The van der Waals surface area contributed by atoms with Crippen molar-refractivity contribution in [2.24, 2.45) is 11.8 Å². The summed E-state index contributed by atoms with van der Waals surface area (Å²) in [5.74, 6) is -1.74. The zero-order valence-corrected chi connectivity index (χ0v) is 25.7. The molecule has 30 heavy (non-hydrogen) atoms. The van der Waals surface area contributed by atoms with Crippen LogP contribution in [-0.4, -0.2) is 43.4 Å². The summed E-state index contributed by atoms with van der Waals surface area (Å²) in [5, 5.41) is -2.06. The Morgan fingerprint density at radius 2 is 1.33 bits per heavy atom. The minimum atomic E-state index is -5.01. The Bertz CT molecular complexity index is 564. The predicted molar refractivity (Wildman–Crippen MR) is 108 cm³/mol. The van der Waals surface area contributed by atoms with Crippen molar-refractivity contribution in [1.82, 2.24) is 0 Å². The van der Waals surface area contributed by atoms with Crippen LogP contribution in [0, 0.1) is 11.8 Å². The summed E-state index contributed by atoms with van der Waals surface area (Å²) in [5.41, 5.74) is 0. The van der Waals surface area contributed by atoms with Crippen molar-refractivity contribution in [2.75, 3.05) is 13.2 Å². The smallest absolute Gasteiger partial charge is 1.00 e. The minimum Gasteiger partial charge on any atom is -1.00 e. The Labute approximate surface area is 249 Å². The largest absolute Gasteiger partial charge is 1.00 e. The quantitative estimate of drug-likeness (QED) is 0.141. The van der Waals surface area contributed by atoms with Gasteiger partial charge in [0, 0.05) is 0 Å². The third-order valence-corrected chi connectivity index (χ3v) is 6.05. The number of carbonyl (C=O) groups excluding carboxylic acids is 2. The van der Waals surface area contributed by atoms with Gasteiger partial charge in [0.2, 0.25) is 0 Å². The Kier molecular flexibility index (Phi) is 25.3. The van der Waals surface area contributed by atoms with Gasteiger partial charge < -0.3 is 15.5 Å². The van der Waals surface area contributed by atoms with Gasteiger partial charge >= 0.3 is 92.9 Å². The number of carbonyl (C=O) groups is 2. The molecular weight excluding hydrogens is 446 g/mol. The second-order valence-corrected chi connectivity index (χ2v) is 8.89. The van der Waals surface area contributed by atoms with E-state index in [0.717, 1.165) is 51.4 Å². The zero-order valence-electron chi connectivity index (χ0n) is 20.8. The van der Waals surface area contributed by atoms with Crippen molar-refractivity contribution >= 4 is 22.1 Å². The van der Waals surface area contributed by atoms with E-state index in [1.807, 2.05) is 13.8 Å². The molecule has 0 aromatic heterocycles. The van der Waals surface area contributed by atoms with Crippen LogP contribution in [-0.2, 0) is 29.2 Å². The normalized spacial score (nSPS) is 13.9. The van der Waals surface area contributed by atoms with E-state index in [0.29, 0.717) is 0 Å². The molecule has 0 spiro atoms. The van der Waals surface area contributed by atoms with Gasteiger partial charge in [0.05, 0.1) is 19.6 Å². The van der Waals surface area contributed by atoms with Crippen molar-refractivity contribution in [3.63, 3.8) is 0 Å². The molecule has 3 atom stereocenters. The molecule has 0 saturated carbocycles. The number of rotatable bonds is 16. The standard InChI is InChI=1S/C20H38O7S.K.Na.H/c1-5-9-11-16(7-3)14-26-19(21)13-18(28(23,24)25)20(22)27-15-17(8-4)12-10-6-2;;;/h16-18H,5-15H2,1-4H3,(H,23,24,25);;;/q;2*+1;-1/p-1. The van der Waals surface area contributed by atoms with Crippen LogP contribution in [0.5, 0.6) is 0 Å². The van der Waals surface area contributed by atoms with Gasteiger partial charge in [-0.25, -0.2) is 8.42 Å². The van der Waals surface area contributed by atoms with E-state index in [1.165, 1.54) is 0 Å². The van der Waals surface area contributed by atoms with Crippen molar-refractivity contribution in [2.45, 2.75) is 90.7 Å². The van der Waals surface area contributed by atoms with E-state index < -0.39 is 33.7 Å². The monoisotopic (exact) mass is 484 g/mol. The molecule has 0 amide bonds. The van der Waals surface area contributed by atoms with Crippen molar-refractivity contribution in [1.29, 1.82) is 0 Å². The Morgan fingerprint density at radius 1 is 0.900 bits per heavy atom. The van der Waals surface area contributed by atoms with Crippen LogP contribution in [0.15, 0.2) is 0 Å². The molecule has 168 valence electrons. The van der Waals surface area contributed by atoms with Crippen LogP contribution in [0.25, 0.3) is 0 Å². The van der Waals surface area contributed by atoms with Crippen molar-refractivity contribution in [3.05, 3.63) is 0 Å². The van der Waals surface area contributed by atoms with Gasteiger partial charge in [-0.2, -0.15) is 0 Å². The fourth-order valence-corrected chi connectivity index (χ4v) is 3.46. The van der Waals surface area contributed by atoms with Gasteiger partial charge in [0.1, 0.15) is 10.1 Å². The van der Waals surface area contributed by atoms with Crippen LogP contribution < -0.4 is 80.9 Å². The minimum absolute atomic E-state index is 0. The molecular formula is C20H38KNaO7S. The second kappa shape index (κ2) is 21.0. The van der Waals surface area contributed by atoms with Gasteiger partial charge in [-0.1, -0.05) is 66.2 Å². The van der Waals surface area contributed by atoms with Gasteiger partial charge in [-0.3, -0.25) is 9.59 Å². The molecule has 0 saturated heterocycles. The second-order valence-electron chi connectivity index (χ2n) is 7.33. The first-order valence-electron chi connectivity index (χ1n) is 10.5. The number of unbranched alkanes of at least 4 members (excludes halogenated alkanes) is 2. The summed E-state index contributed by atoms with van der Waals surface area (Å²) in [4.78, 5) is 24.1. The Morgan fingerprint density at radius 3 is 1.70 bits per heavy atom. The SMILES string of the molecule is CCCCC(CC)COC(=O)CC(C(=O)OCC(CC)CCCC)S(=O)(=O)[O-].[H-].[K+].[Na+]. The van der Waals surface area contributed by atoms with Gasteiger partial charge in [0.25, 0.3) is 0 Å². The molecule has 10 heteroatoms. The van der Waals surface area contributed by atoms with E-state index in [9.17, 15) is 22.6 Å². The summed E-state index contributed by atoms with van der Waals surface area (Å²) in [6, 6.07) is 0. The molecule has 0 heterocycles. The van der Waals surface area contributed by atoms with Crippen LogP contribution in [0.3, 0.4) is 0 Å². The molecule has 3 unspecified atom stereocenters. The van der Waals surface area contributed by atoms with E-state index >= 15 is 0 Å². The maximum atomic E-state index is 12.1. The van der Waals surface area contributed by atoms with Crippen LogP contribution in [0.2, 0.25) is 0 Å². The van der Waals surface area contributed by atoms with Crippen molar-refractivity contribution < 1.29 is 114 Å². The Balaban J connectivity index is -0.00000121. The first-order chi connectivity index (χ1) is 13.2. The molecule has 0 aliphatic rings. The fourth-order valence-electron chi connectivity index (χ4n) is 2.81. The summed E-state index contributed by atoms with van der Waals surface area (Å²) >= 11 is 0. The number of hydrogen-bond donors (Lipinski definition) is 0. The maximum absolute atomic E-state index is 12.1. The Hall–Kier alpha value is 1.49. The first-order valence-corrected chi connectivity index (χ1v) is 11.9. The summed E-state index contributed by atoms with van der Waals surface area (Å²) in [7, 11) is -5.01. The van der Waals surface area contributed by atoms with Gasteiger partial charge in [-0.15, -0.1) is 0 Å². The van der Waals surface area contributed by atoms with E-state index in [-0.39, 0.29) is 107 Å². The molecule has 0 aliphatic heterocycles. The van der Waals surface area contributed by atoms with E-state index in [1.54, 1.807) is 0 Å².